The normalized spacial score (nSPS) is 14.5. The summed E-state index contributed by atoms with van der Waals surface area (Å²) in [6, 6.07) is 14.3. The molecule has 0 radical (unpaired) electrons. The lowest BCUT2D eigenvalue weighted by Gasteiger charge is -2.29. The summed E-state index contributed by atoms with van der Waals surface area (Å²) in [7, 11) is 0. The number of hydrogen-bond donors (Lipinski definition) is 0. The summed E-state index contributed by atoms with van der Waals surface area (Å²) in [5, 5.41) is 2.28. The number of nitrogens with zero attached hydrogens (tertiary/aromatic N) is 2. The Hall–Kier alpha value is -2.99. The van der Waals surface area contributed by atoms with Crippen LogP contribution < -0.4 is 0 Å². The van der Waals surface area contributed by atoms with Gasteiger partial charge in [0.25, 0.3) is 11.8 Å². The average Bonchev–Trinajstić information content (AvgIpc) is 1.55. The fourth-order valence-electron chi connectivity index (χ4n) is 18.3. The molecule has 0 aliphatic carbocycles. The molecule has 112 heavy (non-hydrogen) atoms. The van der Waals surface area contributed by atoms with Crippen LogP contribution in [0.2, 0.25) is 0 Å². The van der Waals surface area contributed by atoms with E-state index in [1.165, 1.54) is 379 Å². The average molecular weight is 1640 g/mol. The van der Waals surface area contributed by atoms with Crippen LogP contribution in [0.5, 0.6) is 0 Å². The first-order chi connectivity index (χ1) is 55.2. The number of carbonyl (C=O) groups is 2. The molecule has 0 saturated carbocycles. The molecule has 4 nitrogen and oxygen atoms in total. The highest BCUT2D eigenvalue weighted by Gasteiger charge is 2.50. The third-order valence-electron chi connectivity index (χ3n) is 25.1. The number of carbonyl (C=O) groups excluding carboxylic acids is 2. The Morgan fingerprint density at radius 2 is 0.580 bits per heavy atom. The molecule has 0 aromatic carbocycles. The van der Waals surface area contributed by atoms with Crippen LogP contribution in [-0.4, -0.2) is 40.5 Å². The van der Waals surface area contributed by atoms with Crippen molar-refractivity contribution in [2.75, 3.05) is 18.8 Å². The number of fused-ring (bicyclic) bond motifs is 1. The van der Waals surface area contributed by atoms with Gasteiger partial charge in [0, 0.05) is 57.9 Å². The Kier molecular flexibility index (Phi) is 48.3. The molecule has 0 N–H and O–H groups in total. The standard InChI is InChI=1S/C102H162N2O2S6/c1-9-17-25-33-37-41-43-47-51-55-65-81(63-53-49-45-39-35-27-19-11-3)79-103-95(87-73-75-91(109-87)99-85(69-59-31-23-15-7)83(67-57-29-21-13-5)97(111-99)89-71-61-77-107-89)93-94(101(103)105)96(104(102(93)106)80-82(64-54-50-46-40-36-28-20-12-4)66-56-52-48-44-42-38-34-26-18-10-2)88-74-76-92(110-88)100-86(70-60-32-24-16-8)84(68-58-30-22-14-6)98(112-100)90-72-62-78-108-90/h61,71-77,81-82H,9-60,62-70,78-80H2,1-8H3. The van der Waals surface area contributed by atoms with Crippen molar-refractivity contribution in [3.05, 3.63) is 95.9 Å². The third-order valence-corrected chi connectivity index (χ3v) is 32.5. The lowest BCUT2D eigenvalue weighted by molar-refractivity contribution is -0.124. The fraction of sp³-hybridized carbons (Fsp3) is 0.725. The van der Waals surface area contributed by atoms with Crippen molar-refractivity contribution >= 4 is 96.6 Å². The van der Waals surface area contributed by atoms with Gasteiger partial charge in [-0.1, -0.05) is 376 Å². The second-order valence-electron chi connectivity index (χ2n) is 34.7. The highest BCUT2D eigenvalue weighted by atomic mass is 32.2. The third kappa shape index (κ3) is 31.0. The molecule has 2 atom stereocenters. The number of allylic oxidation sites excluding steroid dienone is 1. The lowest BCUT2D eigenvalue weighted by Crippen LogP contribution is -2.34. The van der Waals surface area contributed by atoms with Crippen molar-refractivity contribution in [2.45, 2.75) is 447 Å². The largest absolute Gasteiger partial charge is 0.306 e. The maximum Gasteiger partial charge on any atom is 0.261 e. The molecular formula is C102H162N2O2S6. The smallest absolute Gasteiger partial charge is 0.261 e. The Balaban J connectivity index is 1.29. The summed E-state index contributed by atoms with van der Waals surface area (Å²) in [6.45, 7) is 20.1. The van der Waals surface area contributed by atoms with Crippen molar-refractivity contribution in [1.82, 2.24) is 9.80 Å². The molecule has 0 saturated heterocycles. The molecule has 0 bridgehead atoms. The van der Waals surface area contributed by atoms with Crippen molar-refractivity contribution in [2.24, 2.45) is 11.8 Å². The van der Waals surface area contributed by atoms with Gasteiger partial charge in [0.15, 0.2) is 0 Å². The number of amides is 2. The Morgan fingerprint density at radius 1 is 0.304 bits per heavy atom. The molecule has 628 valence electrons. The van der Waals surface area contributed by atoms with E-state index < -0.39 is 0 Å². The maximum atomic E-state index is 17.1. The summed E-state index contributed by atoms with van der Waals surface area (Å²) in [5.41, 5.74) is 9.69. The molecule has 5 aromatic rings. The second kappa shape index (κ2) is 57.2. The first-order valence-corrected chi connectivity index (χ1v) is 53.4. The number of unbranched alkanes of at least 4 members (excludes halogenated alkanes) is 44. The van der Waals surface area contributed by atoms with Crippen LogP contribution in [0.15, 0.2) is 59.0 Å². The molecule has 8 heterocycles. The van der Waals surface area contributed by atoms with E-state index in [-0.39, 0.29) is 11.8 Å². The molecule has 0 fully saturated rings. The topological polar surface area (TPSA) is 40.6 Å². The number of hydrogen-bond acceptors (Lipinski definition) is 8. The maximum absolute atomic E-state index is 17.1. The fourth-order valence-corrected chi connectivity index (χ4v) is 25.6. The summed E-state index contributed by atoms with van der Waals surface area (Å²) >= 11 is 11.9. The quantitative estimate of drug-likeness (QED) is 0.0364. The van der Waals surface area contributed by atoms with Crippen LogP contribution >= 0.6 is 68.4 Å². The number of thiophene rings is 5. The summed E-state index contributed by atoms with van der Waals surface area (Å²) < 4.78 is 0. The number of rotatable bonds is 70. The molecule has 5 aromatic heterocycles. The van der Waals surface area contributed by atoms with E-state index in [4.69, 9.17) is 0 Å². The van der Waals surface area contributed by atoms with Gasteiger partial charge in [-0.15, -0.1) is 68.4 Å². The minimum Gasteiger partial charge on any atom is -0.306 e. The van der Waals surface area contributed by atoms with Gasteiger partial charge in [-0.2, -0.15) is 0 Å². The first kappa shape index (κ1) is 94.5. The molecule has 3 aliphatic heterocycles. The monoisotopic (exact) mass is 1640 g/mol. The Labute approximate surface area is 713 Å². The summed E-state index contributed by atoms with van der Waals surface area (Å²) in [4.78, 5) is 52.5. The van der Waals surface area contributed by atoms with Gasteiger partial charge in [0.2, 0.25) is 0 Å². The molecule has 0 spiro atoms. The molecule has 10 heteroatoms. The van der Waals surface area contributed by atoms with Crippen molar-refractivity contribution in [3.8, 4) is 29.3 Å². The van der Waals surface area contributed by atoms with Gasteiger partial charge >= 0.3 is 0 Å². The zero-order chi connectivity index (χ0) is 79.0. The minimum atomic E-state index is 0.0933. The molecule has 2 unspecified atom stereocenters. The van der Waals surface area contributed by atoms with E-state index in [1.54, 1.807) is 22.3 Å². The van der Waals surface area contributed by atoms with E-state index in [0.717, 1.165) is 84.5 Å². The Morgan fingerprint density at radius 3 is 0.875 bits per heavy atom. The van der Waals surface area contributed by atoms with Crippen LogP contribution in [0.4, 0.5) is 0 Å². The van der Waals surface area contributed by atoms with Gasteiger partial charge in [0.1, 0.15) is 0 Å². The second-order valence-corrected chi connectivity index (χ2v) is 41.0. The SMILES string of the molecule is CCCCCCCCCCCCC(CCCCCCCCCC)CN1C(=O)C2=C(c3ccc(-c4sc(-c5cccs5)c(CCCCCC)c4CCCCCC)s3)N(CC(CCCCCCCCCC)CCCCCCCCCCCC)C(=O)C2=C1c1ccc(-c2sc(C3=CCCS3)c(CCCCCC)c2CCCCCC)s1. The van der Waals surface area contributed by atoms with E-state index in [9.17, 15) is 0 Å². The number of thioether (sulfide) groups is 1. The van der Waals surface area contributed by atoms with E-state index in [0.29, 0.717) is 30.5 Å². The molecule has 3 aliphatic rings. The zero-order valence-electron chi connectivity index (χ0n) is 73.2. The first-order valence-electron chi connectivity index (χ1n) is 48.2. The van der Waals surface area contributed by atoms with Crippen molar-refractivity contribution < 1.29 is 9.59 Å². The van der Waals surface area contributed by atoms with Crippen LogP contribution in [0.25, 0.3) is 45.6 Å². The van der Waals surface area contributed by atoms with Gasteiger partial charge in [-0.3, -0.25) is 9.59 Å². The van der Waals surface area contributed by atoms with E-state index in [1.807, 2.05) is 45.3 Å². The summed E-state index contributed by atoms with van der Waals surface area (Å²) in [6.07, 6.45) is 80.2. The summed E-state index contributed by atoms with van der Waals surface area (Å²) in [5.74, 6) is 2.08. The van der Waals surface area contributed by atoms with E-state index >= 15 is 9.59 Å². The van der Waals surface area contributed by atoms with Crippen LogP contribution in [0.3, 0.4) is 0 Å². The molecule has 8 rings (SSSR count). The van der Waals surface area contributed by atoms with Crippen LogP contribution in [-0.2, 0) is 35.3 Å². The zero-order valence-corrected chi connectivity index (χ0v) is 78.1. The highest BCUT2D eigenvalue weighted by Crippen LogP contribution is 2.55. The van der Waals surface area contributed by atoms with Crippen LogP contribution in [0, 0.1) is 11.8 Å². The minimum absolute atomic E-state index is 0.0933. The lowest BCUT2D eigenvalue weighted by atomic mass is 9.93. The van der Waals surface area contributed by atoms with Crippen LogP contribution in [0.1, 0.15) is 458 Å². The predicted octanol–water partition coefficient (Wildman–Crippen LogP) is 35.7. The Bertz CT molecular complexity index is 3430. The van der Waals surface area contributed by atoms with Gasteiger partial charge in [-0.05, 0) is 153 Å². The highest BCUT2D eigenvalue weighted by molar-refractivity contribution is 8.08. The van der Waals surface area contributed by atoms with Crippen molar-refractivity contribution in [3.63, 3.8) is 0 Å². The molecule has 2 amide bonds. The van der Waals surface area contributed by atoms with Gasteiger partial charge in [-0.25, -0.2) is 0 Å². The van der Waals surface area contributed by atoms with Gasteiger partial charge in [0.05, 0.1) is 32.3 Å². The predicted molar refractivity (Wildman–Crippen MR) is 507 cm³/mol. The van der Waals surface area contributed by atoms with Crippen molar-refractivity contribution in [1.29, 1.82) is 0 Å². The van der Waals surface area contributed by atoms with Gasteiger partial charge < -0.3 is 9.80 Å². The molecular weight excluding hydrogens is 1480 g/mol. The van der Waals surface area contributed by atoms with E-state index in [2.05, 4.69) is 136 Å².